The Bertz CT molecular complexity index is 212. The Morgan fingerprint density at radius 2 is 2.00 bits per heavy atom. The SMILES string of the molecule is CC(C)C1=CCCC(F)=C1F. The van der Waals surface area contributed by atoms with Crippen LogP contribution in [0, 0.1) is 5.92 Å². The molecule has 1 aliphatic rings. The van der Waals surface area contributed by atoms with Crippen LogP contribution >= 0.6 is 0 Å². The van der Waals surface area contributed by atoms with Gasteiger partial charge in [-0.1, -0.05) is 19.9 Å². The van der Waals surface area contributed by atoms with Crippen molar-refractivity contribution in [3.8, 4) is 0 Å². The molecule has 62 valence electrons. The Labute approximate surface area is 65.6 Å². The van der Waals surface area contributed by atoms with Crippen LogP contribution in [0.5, 0.6) is 0 Å². The Hall–Kier alpha value is -0.660. The summed E-state index contributed by atoms with van der Waals surface area (Å²) in [6.45, 7) is 3.73. The Morgan fingerprint density at radius 3 is 2.45 bits per heavy atom. The van der Waals surface area contributed by atoms with E-state index in [1.54, 1.807) is 6.08 Å². The second-order valence-electron chi connectivity index (χ2n) is 3.07. The molecule has 0 aromatic carbocycles. The van der Waals surface area contributed by atoms with Crippen LogP contribution in [-0.4, -0.2) is 0 Å². The van der Waals surface area contributed by atoms with Gasteiger partial charge in [0.1, 0.15) is 5.83 Å². The van der Waals surface area contributed by atoms with E-state index in [4.69, 9.17) is 0 Å². The van der Waals surface area contributed by atoms with Gasteiger partial charge in [0.25, 0.3) is 0 Å². The average Bonchev–Trinajstić information content (AvgIpc) is 1.94. The van der Waals surface area contributed by atoms with E-state index < -0.39 is 11.7 Å². The average molecular weight is 158 g/mol. The van der Waals surface area contributed by atoms with Crippen LogP contribution in [0.1, 0.15) is 26.7 Å². The zero-order valence-electron chi connectivity index (χ0n) is 6.82. The number of hydrogen-bond donors (Lipinski definition) is 0. The van der Waals surface area contributed by atoms with Crippen molar-refractivity contribution in [1.29, 1.82) is 0 Å². The van der Waals surface area contributed by atoms with Gasteiger partial charge in [-0.25, -0.2) is 8.78 Å². The predicted molar refractivity (Wildman–Crippen MR) is 41.4 cm³/mol. The maximum Gasteiger partial charge on any atom is 0.157 e. The van der Waals surface area contributed by atoms with Crippen molar-refractivity contribution < 1.29 is 8.78 Å². The molecular formula is C9H12F2. The highest BCUT2D eigenvalue weighted by molar-refractivity contribution is 5.32. The van der Waals surface area contributed by atoms with Gasteiger partial charge in [-0.15, -0.1) is 0 Å². The Morgan fingerprint density at radius 1 is 1.36 bits per heavy atom. The normalized spacial score (nSPS) is 19.2. The minimum atomic E-state index is -0.633. The smallest absolute Gasteiger partial charge is 0.157 e. The Balaban J connectivity index is 2.89. The van der Waals surface area contributed by atoms with Crippen LogP contribution in [0.3, 0.4) is 0 Å². The fourth-order valence-corrected chi connectivity index (χ4v) is 1.20. The molecule has 0 fully saturated rings. The fraction of sp³-hybridized carbons (Fsp3) is 0.556. The summed E-state index contributed by atoms with van der Waals surface area (Å²) in [5.74, 6) is -1.14. The van der Waals surface area contributed by atoms with Crippen molar-refractivity contribution >= 4 is 0 Å². The van der Waals surface area contributed by atoms with Gasteiger partial charge >= 0.3 is 0 Å². The quantitative estimate of drug-likeness (QED) is 0.547. The molecule has 0 spiro atoms. The third kappa shape index (κ3) is 1.67. The molecule has 0 aromatic rings. The first kappa shape index (κ1) is 8.44. The molecule has 0 bridgehead atoms. The molecule has 0 N–H and O–H groups in total. The van der Waals surface area contributed by atoms with Crippen molar-refractivity contribution in [3.05, 3.63) is 23.3 Å². The van der Waals surface area contributed by atoms with Crippen molar-refractivity contribution in [3.63, 3.8) is 0 Å². The fourth-order valence-electron chi connectivity index (χ4n) is 1.20. The van der Waals surface area contributed by atoms with Crippen molar-refractivity contribution in [2.24, 2.45) is 5.92 Å². The van der Waals surface area contributed by atoms with Crippen LogP contribution in [0.15, 0.2) is 23.3 Å². The van der Waals surface area contributed by atoms with Gasteiger partial charge in [-0.2, -0.15) is 0 Å². The lowest BCUT2D eigenvalue weighted by atomic mass is 9.95. The van der Waals surface area contributed by atoms with E-state index in [9.17, 15) is 8.78 Å². The number of halogens is 2. The van der Waals surface area contributed by atoms with Gasteiger partial charge in [0.2, 0.25) is 0 Å². The molecule has 0 nitrogen and oxygen atoms in total. The first-order valence-corrected chi connectivity index (χ1v) is 3.87. The van der Waals surface area contributed by atoms with Gasteiger partial charge in [0.15, 0.2) is 5.83 Å². The molecule has 0 unspecified atom stereocenters. The largest absolute Gasteiger partial charge is 0.209 e. The zero-order chi connectivity index (χ0) is 8.43. The van der Waals surface area contributed by atoms with Crippen molar-refractivity contribution in [2.45, 2.75) is 26.7 Å². The predicted octanol–water partition coefficient (Wildman–Crippen LogP) is 3.51. The van der Waals surface area contributed by atoms with E-state index in [0.29, 0.717) is 12.0 Å². The van der Waals surface area contributed by atoms with Crippen LogP contribution in [-0.2, 0) is 0 Å². The van der Waals surface area contributed by atoms with Gasteiger partial charge in [0.05, 0.1) is 0 Å². The van der Waals surface area contributed by atoms with E-state index >= 15 is 0 Å². The van der Waals surface area contributed by atoms with E-state index in [1.165, 1.54) is 0 Å². The van der Waals surface area contributed by atoms with Crippen LogP contribution in [0.2, 0.25) is 0 Å². The summed E-state index contributed by atoms with van der Waals surface area (Å²) in [7, 11) is 0. The monoisotopic (exact) mass is 158 g/mol. The molecule has 0 aliphatic heterocycles. The third-order valence-electron chi connectivity index (χ3n) is 1.84. The summed E-state index contributed by atoms with van der Waals surface area (Å²) in [5, 5.41) is 0. The second kappa shape index (κ2) is 3.16. The van der Waals surface area contributed by atoms with E-state index in [-0.39, 0.29) is 12.3 Å². The zero-order valence-corrected chi connectivity index (χ0v) is 6.82. The molecular weight excluding hydrogens is 146 g/mol. The van der Waals surface area contributed by atoms with E-state index in [1.807, 2.05) is 13.8 Å². The van der Waals surface area contributed by atoms with Crippen molar-refractivity contribution in [2.75, 3.05) is 0 Å². The summed E-state index contributed by atoms with van der Waals surface area (Å²) in [6, 6.07) is 0. The molecule has 2 heteroatoms. The van der Waals surface area contributed by atoms with Crippen LogP contribution < -0.4 is 0 Å². The summed E-state index contributed by atoms with van der Waals surface area (Å²) in [6.07, 6.45) is 2.64. The number of rotatable bonds is 1. The molecule has 0 atom stereocenters. The minimum absolute atomic E-state index is 0.0843. The molecule has 0 saturated heterocycles. The summed E-state index contributed by atoms with van der Waals surface area (Å²) in [5.41, 5.74) is 0.522. The maximum absolute atomic E-state index is 12.9. The van der Waals surface area contributed by atoms with Gasteiger partial charge < -0.3 is 0 Å². The van der Waals surface area contributed by atoms with E-state index in [0.717, 1.165) is 0 Å². The van der Waals surface area contributed by atoms with E-state index in [2.05, 4.69) is 0 Å². The first-order chi connectivity index (χ1) is 5.13. The van der Waals surface area contributed by atoms with Gasteiger partial charge in [-0.3, -0.25) is 0 Å². The lowest BCUT2D eigenvalue weighted by molar-refractivity contribution is 0.490. The molecule has 0 saturated carbocycles. The summed E-state index contributed by atoms with van der Waals surface area (Å²) >= 11 is 0. The molecule has 1 rings (SSSR count). The summed E-state index contributed by atoms with van der Waals surface area (Å²) in [4.78, 5) is 0. The highest BCUT2D eigenvalue weighted by Crippen LogP contribution is 2.31. The highest BCUT2D eigenvalue weighted by Gasteiger charge is 2.17. The van der Waals surface area contributed by atoms with Crippen molar-refractivity contribution in [1.82, 2.24) is 0 Å². The molecule has 0 amide bonds. The molecule has 0 radical (unpaired) electrons. The highest BCUT2D eigenvalue weighted by atomic mass is 19.2. The lowest BCUT2D eigenvalue weighted by Gasteiger charge is -2.14. The molecule has 1 aliphatic carbocycles. The Kier molecular flexibility index (Phi) is 2.42. The number of allylic oxidation sites excluding steroid dienone is 4. The number of hydrogen-bond acceptors (Lipinski definition) is 0. The molecule has 11 heavy (non-hydrogen) atoms. The van der Waals surface area contributed by atoms with Crippen LogP contribution in [0.4, 0.5) is 8.78 Å². The van der Waals surface area contributed by atoms with Gasteiger partial charge in [0, 0.05) is 6.42 Å². The van der Waals surface area contributed by atoms with Crippen LogP contribution in [0.25, 0.3) is 0 Å². The minimum Gasteiger partial charge on any atom is -0.209 e. The molecule has 0 heterocycles. The summed E-state index contributed by atoms with van der Waals surface area (Å²) < 4.78 is 25.6. The first-order valence-electron chi connectivity index (χ1n) is 3.87. The second-order valence-corrected chi connectivity index (χ2v) is 3.07. The standard InChI is InChI=1S/C9H12F2/c1-6(2)7-4-3-5-8(10)9(7)11/h4,6H,3,5H2,1-2H3. The molecule has 0 aromatic heterocycles. The lowest BCUT2D eigenvalue weighted by Crippen LogP contribution is -2.00. The topological polar surface area (TPSA) is 0 Å². The van der Waals surface area contributed by atoms with Gasteiger partial charge in [-0.05, 0) is 17.9 Å². The maximum atomic E-state index is 12.9. The third-order valence-corrected chi connectivity index (χ3v) is 1.84.